The van der Waals surface area contributed by atoms with Gasteiger partial charge in [-0.15, -0.1) is 0 Å². The van der Waals surface area contributed by atoms with E-state index in [4.69, 9.17) is 5.73 Å². The molecule has 2 aromatic rings. The maximum Gasteiger partial charge on any atom is 0.126 e. The van der Waals surface area contributed by atoms with Crippen LogP contribution in [0.1, 0.15) is 29.8 Å². The van der Waals surface area contributed by atoms with Gasteiger partial charge < -0.3 is 10.6 Å². The summed E-state index contributed by atoms with van der Waals surface area (Å²) in [5.41, 5.74) is 9.30. The van der Waals surface area contributed by atoms with E-state index in [9.17, 15) is 4.39 Å². The van der Waals surface area contributed by atoms with Gasteiger partial charge in [0.05, 0.1) is 12.2 Å². The molecule has 2 N–H and O–H groups in total. The van der Waals surface area contributed by atoms with E-state index in [2.05, 4.69) is 4.98 Å². The van der Waals surface area contributed by atoms with Crippen LogP contribution in [0.15, 0.2) is 36.5 Å². The Morgan fingerprint density at radius 2 is 2.10 bits per heavy atom. The van der Waals surface area contributed by atoms with E-state index in [1.165, 1.54) is 6.07 Å². The van der Waals surface area contributed by atoms with Gasteiger partial charge in [-0.05, 0) is 49.2 Å². The number of pyridine rings is 1. The smallest absolute Gasteiger partial charge is 0.126 e. The van der Waals surface area contributed by atoms with Crippen molar-refractivity contribution in [2.75, 3.05) is 11.9 Å². The Kier molecular flexibility index (Phi) is 4.35. The van der Waals surface area contributed by atoms with Gasteiger partial charge in [0.25, 0.3) is 0 Å². The molecule has 1 heterocycles. The highest BCUT2D eigenvalue weighted by Crippen LogP contribution is 2.28. The van der Waals surface area contributed by atoms with Crippen molar-refractivity contribution in [3.05, 3.63) is 59.2 Å². The van der Waals surface area contributed by atoms with Crippen molar-refractivity contribution in [2.24, 2.45) is 5.73 Å². The summed E-state index contributed by atoms with van der Waals surface area (Å²) in [4.78, 5) is 6.36. The molecule has 0 aliphatic rings. The van der Waals surface area contributed by atoms with Crippen LogP contribution in [-0.4, -0.2) is 12.0 Å². The summed E-state index contributed by atoms with van der Waals surface area (Å²) in [6.45, 7) is 4.28. The molecule has 0 radical (unpaired) electrons. The van der Waals surface area contributed by atoms with Gasteiger partial charge in [0, 0.05) is 25.0 Å². The van der Waals surface area contributed by atoms with Gasteiger partial charge in [-0.2, -0.15) is 0 Å². The van der Waals surface area contributed by atoms with E-state index in [0.29, 0.717) is 12.1 Å². The highest BCUT2D eigenvalue weighted by Gasteiger charge is 2.14. The van der Waals surface area contributed by atoms with Crippen LogP contribution < -0.4 is 10.6 Å². The Bertz CT molecular complexity index is 582. The molecule has 0 fully saturated rings. The summed E-state index contributed by atoms with van der Waals surface area (Å²) in [6.07, 6.45) is 1.77. The maximum absolute atomic E-state index is 13.7. The molecular weight excluding hydrogens is 253 g/mol. The van der Waals surface area contributed by atoms with Crippen LogP contribution >= 0.6 is 0 Å². The molecule has 1 aromatic heterocycles. The molecule has 1 atom stereocenters. The average molecular weight is 273 g/mol. The number of rotatable bonds is 4. The van der Waals surface area contributed by atoms with E-state index in [1.807, 2.05) is 43.1 Å². The van der Waals surface area contributed by atoms with Crippen molar-refractivity contribution in [3.8, 4) is 0 Å². The van der Waals surface area contributed by atoms with Crippen molar-refractivity contribution in [1.29, 1.82) is 0 Å². The van der Waals surface area contributed by atoms with E-state index >= 15 is 0 Å². The fraction of sp³-hybridized carbons (Fsp3) is 0.312. The molecule has 0 saturated carbocycles. The molecule has 0 amide bonds. The lowest BCUT2D eigenvalue weighted by Crippen LogP contribution is -2.21. The van der Waals surface area contributed by atoms with Crippen molar-refractivity contribution >= 4 is 5.69 Å². The third-order valence-electron chi connectivity index (χ3n) is 3.34. The zero-order valence-electron chi connectivity index (χ0n) is 12.1. The zero-order chi connectivity index (χ0) is 14.7. The van der Waals surface area contributed by atoms with Crippen LogP contribution in [0.2, 0.25) is 0 Å². The lowest BCUT2D eigenvalue weighted by atomic mass is 10.0. The normalized spacial score (nSPS) is 12.2. The van der Waals surface area contributed by atoms with E-state index in [-0.39, 0.29) is 11.9 Å². The number of hydrogen-bond acceptors (Lipinski definition) is 3. The minimum absolute atomic E-state index is 0.215. The van der Waals surface area contributed by atoms with Gasteiger partial charge >= 0.3 is 0 Å². The molecule has 0 saturated heterocycles. The Labute approximate surface area is 119 Å². The Morgan fingerprint density at radius 1 is 1.35 bits per heavy atom. The average Bonchev–Trinajstić information content (AvgIpc) is 2.42. The molecule has 4 heteroatoms. The second kappa shape index (κ2) is 6.01. The minimum Gasteiger partial charge on any atom is -0.368 e. The number of aryl methyl sites for hydroxylation is 1. The predicted octanol–water partition coefficient (Wildman–Crippen LogP) is 3.19. The number of nitrogens with zero attached hydrogens (tertiary/aromatic N) is 2. The number of aromatic nitrogens is 1. The molecule has 3 nitrogen and oxygen atoms in total. The van der Waals surface area contributed by atoms with Gasteiger partial charge in [0.15, 0.2) is 0 Å². The largest absolute Gasteiger partial charge is 0.368 e. The highest BCUT2D eigenvalue weighted by molar-refractivity contribution is 5.56. The van der Waals surface area contributed by atoms with Gasteiger partial charge in [-0.1, -0.05) is 6.07 Å². The molecule has 1 aromatic carbocycles. The quantitative estimate of drug-likeness (QED) is 0.930. The van der Waals surface area contributed by atoms with Crippen LogP contribution in [0.5, 0.6) is 0 Å². The predicted molar refractivity (Wildman–Crippen MR) is 80.1 cm³/mol. The summed E-state index contributed by atoms with van der Waals surface area (Å²) in [5.74, 6) is -0.215. The van der Waals surface area contributed by atoms with E-state index in [1.54, 1.807) is 13.1 Å². The third kappa shape index (κ3) is 3.14. The Balaban J connectivity index is 2.33. The van der Waals surface area contributed by atoms with Crippen molar-refractivity contribution in [1.82, 2.24) is 4.98 Å². The molecule has 106 valence electrons. The molecule has 0 spiro atoms. The lowest BCUT2D eigenvalue weighted by molar-refractivity contribution is 0.612. The van der Waals surface area contributed by atoms with Gasteiger partial charge in [0.2, 0.25) is 0 Å². The van der Waals surface area contributed by atoms with Crippen LogP contribution in [0, 0.1) is 12.7 Å². The number of nitrogens with two attached hydrogens (primary N) is 1. The third-order valence-corrected chi connectivity index (χ3v) is 3.34. The maximum atomic E-state index is 13.7. The molecular formula is C16H20FN3. The van der Waals surface area contributed by atoms with Crippen LogP contribution in [-0.2, 0) is 6.54 Å². The minimum atomic E-state index is -0.216. The number of halogens is 1. The zero-order valence-corrected chi connectivity index (χ0v) is 12.1. The molecule has 20 heavy (non-hydrogen) atoms. The topological polar surface area (TPSA) is 42.2 Å². The van der Waals surface area contributed by atoms with Crippen molar-refractivity contribution in [3.63, 3.8) is 0 Å². The van der Waals surface area contributed by atoms with Crippen molar-refractivity contribution < 1.29 is 4.39 Å². The SMILES string of the molecule is Cc1cc(N(C)Cc2ccccn2)c([C@H](C)N)cc1F. The van der Waals surface area contributed by atoms with E-state index in [0.717, 1.165) is 16.9 Å². The molecule has 0 aliphatic carbocycles. The number of hydrogen-bond donors (Lipinski definition) is 1. The second-order valence-corrected chi connectivity index (χ2v) is 5.13. The van der Waals surface area contributed by atoms with Crippen molar-refractivity contribution in [2.45, 2.75) is 26.4 Å². The summed E-state index contributed by atoms with van der Waals surface area (Å²) in [5, 5.41) is 0. The Hall–Kier alpha value is -1.94. The summed E-state index contributed by atoms with van der Waals surface area (Å²) in [7, 11) is 1.97. The van der Waals surface area contributed by atoms with Gasteiger partial charge in [0.1, 0.15) is 5.82 Å². The first-order valence-corrected chi connectivity index (χ1v) is 6.65. The summed E-state index contributed by atoms with van der Waals surface area (Å²) >= 11 is 0. The second-order valence-electron chi connectivity index (χ2n) is 5.13. The highest BCUT2D eigenvalue weighted by atomic mass is 19.1. The number of benzene rings is 1. The first-order chi connectivity index (χ1) is 9.49. The molecule has 0 aliphatic heterocycles. The molecule has 0 unspecified atom stereocenters. The van der Waals surface area contributed by atoms with Gasteiger partial charge in [-0.3, -0.25) is 4.98 Å². The Morgan fingerprint density at radius 3 is 2.70 bits per heavy atom. The number of anilines is 1. The first kappa shape index (κ1) is 14.5. The van der Waals surface area contributed by atoms with E-state index < -0.39 is 0 Å². The monoisotopic (exact) mass is 273 g/mol. The molecule has 2 rings (SSSR count). The fourth-order valence-electron chi connectivity index (χ4n) is 2.20. The van der Waals surface area contributed by atoms with Gasteiger partial charge in [-0.25, -0.2) is 4.39 Å². The summed E-state index contributed by atoms with van der Waals surface area (Å²) in [6, 6.07) is 8.98. The first-order valence-electron chi connectivity index (χ1n) is 6.65. The van der Waals surface area contributed by atoms with Crippen LogP contribution in [0.4, 0.5) is 10.1 Å². The molecule has 0 bridgehead atoms. The fourth-order valence-corrected chi connectivity index (χ4v) is 2.20. The standard InChI is InChI=1S/C16H20FN3/c1-11-8-16(14(12(2)18)9-15(11)17)20(3)10-13-6-4-5-7-19-13/h4-9,12H,10,18H2,1-3H3/t12-/m0/s1. The lowest BCUT2D eigenvalue weighted by Gasteiger charge is -2.24. The van der Waals surface area contributed by atoms with Crippen LogP contribution in [0.3, 0.4) is 0 Å². The summed E-state index contributed by atoms with van der Waals surface area (Å²) < 4.78 is 13.7. The van der Waals surface area contributed by atoms with Crippen LogP contribution in [0.25, 0.3) is 0 Å².